The van der Waals surface area contributed by atoms with Crippen LogP contribution in [0.4, 0.5) is 4.79 Å². The Labute approximate surface area is 118 Å². The Morgan fingerprint density at radius 3 is 2.79 bits per heavy atom. The van der Waals surface area contributed by atoms with Crippen LogP contribution < -0.4 is 10.6 Å². The maximum absolute atomic E-state index is 12.0. The lowest BCUT2D eigenvalue weighted by Gasteiger charge is -2.33. The van der Waals surface area contributed by atoms with Gasteiger partial charge in [-0.25, -0.2) is 4.79 Å². The van der Waals surface area contributed by atoms with Crippen LogP contribution in [-0.4, -0.2) is 66.9 Å². The average molecular weight is 291 g/mol. The van der Waals surface area contributed by atoms with Crippen molar-refractivity contribution in [1.29, 1.82) is 0 Å². The highest BCUT2D eigenvalue weighted by Gasteiger charge is 2.31. The molecular weight excluding hydrogens is 272 g/mol. The minimum Gasteiger partial charge on any atom is -0.340 e. The number of hydrogen-bond acceptors (Lipinski definition) is 4. The predicted octanol–water partition coefficient (Wildman–Crippen LogP) is -0.830. The Balaban J connectivity index is 0.00000180. The van der Waals surface area contributed by atoms with E-state index in [9.17, 15) is 14.4 Å². The van der Waals surface area contributed by atoms with Crippen LogP contribution in [0.2, 0.25) is 0 Å². The second-order valence-electron chi connectivity index (χ2n) is 4.68. The number of nitrogens with zero attached hydrogens (tertiary/aromatic N) is 2. The fourth-order valence-corrected chi connectivity index (χ4v) is 2.31. The van der Waals surface area contributed by atoms with Crippen LogP contribution in [0.1, 0.15) is 12.8 Å². The molecule has 7 nitrogen and oxygen atoms in total. The highest BCUT2D eigenvalue weighted by Crippen LogP contribution is 2.10. The summed E-state index contributed by atoms with van der Waals surface area (Å²) in [5, 5.41) is 5.32. The van der Waals surface area contributed by atoms with E-state index in [1.807, 2.05) is 7.05 Å². The topological polar surface area (TPSA) is 81.8 Å². The summed E-state index contributed by atoms with van der Waals surface area (Å²) in [6, 6.07) is -0.160. The lowest BCUT2D eigenvalue weighted by Crippen LogP contribution is -2.50. The van der Waals surface area contributed by atoms with Crippen molar-refractivity contribution in [1.82, 2.24) is 20.4 Å². The number of nitrogens with one attached hydrogen (secondary N) is 2. The summed E-state index contributed by atoms with van der Waals surface area (Å²) in [5.41, 5.74) is 0. The van der Waals surface area contributed by atoms with E-state index in [-0.39, 0.29) is 37.3 Å². The zero-order chi connectivity index (χ0) is 13.1. The number of rotatable bonds is 3. The van der Waals surface area contributed by atoms with E-state index in [1.165, 1.54) is 4.90 Å². The highest BCUT2D eigenvalue weighted by molar-refractivity contribution is 6.03. The van der Waals surface area contributed by atoms with Gasteiger partial charge in [0.25, 0.3) is 0 Å². The van der Waals surface area contributed by atoms with E-state index in [4.69, 9.17) is 0 Å². The molecule has 0 saturated carbocycles. The van der Waals surface area contributed by atoms with Crippen LogP contribution in [0.15, 0.2) is 0 Å². The molecule has 2 aliphatic heterocycles. The van der Waals surface area contributed by atoms with Gasteiger partial charge in [0.1, 0.15) is 13.1 Å². The summed E-state index contributed by atoms with van der Waals surface area (Å²) in [7, 11) is 1.88. The monoisotopic (exact) mass is 290 g/mol. The number of carbonyl (C=O) groups is 3. The predicted molar refractivity (Wildman–Crippen MR) is 71.0 cm³/mol. The van der Waals surface area contributed by atoms with Crippen molar-refractivity contribution >= 4 is 30.3 Å². The number of piperidine rings is 1. The molecule has 2 saturated heterocycles. The molecule has 1 unspecified atom stereocenters. The molecule has 108 valence electrons. The number of likely N-dealkylation sites (N-methyl/N-ethyl adjacent to an activating group) is 1. The van der Waals surface area contributed by atoms with Crippen molar-refractivity contribution in [2.75, 3.05) is 33.2 Å². The summed E-state index contributed by atoms with van der Waals surface area (Å²) in [5.74, 6) is -0.445. The van der Waals surface area contributed by atoms with E-state index in [1.54, 1.807) is 4.90 Å². The SMILES string of the molecule is CNC1CCCN(C(=O)CN2CC(=O)NC2=O)C1.Cl. The van der Waals surface area contributed by atoms with Crippen LogP contribution in [-0.2, 0) is 9.59 Å². The van der Waals surface area contributed by atoms with Gasteiger partial charge < -0.3 is 15.1 Å². The molecule has 0 spiro atoms. The van der Waals surface area contributed by atoms with Gasteiger partial charge in [-0.2, -0.15) is 0 Å². The van der Waals surface area contributed by atoms with Crippen LogP contribution in [0, 0.1) is 0 Å². The average Bonchev–Trinajstić information content (AvgIpc) is 2.68. The first-order valence-electron chi connectivity index (χ1n) is 6.14. The second-order valence-corrected chi connectivity index (χ2v) is 4.68. The first-order chi connectivity index (χ1) is 8.60. The Morgan fingerprint density at radius 2 is 2.21 bits per heavy atom. The highest BCUT2D eigenvalue weighted by atomic mass is 35.5. The van der Waals surface area contributed by atoms with E-state index < -0.39 is 6.03 Å². The molecule has 0 radical (unpaired) electrons. The van der Waals surface area contributed by atoms with Gasteiger partial charge in [0.05, 0.1) is 0 Å². The summed E-state index contributed by atoms with van der Waals surface area (Å²) >= 11 is 0. The van der Waals surface area contributed by atoms with Gasteiger partial charge in [-0.1, -0.05) is 0 Å². The number of likely N-dealkylation sites (tertiary alicyclic amines) is 1. The van der Waals surface area contributed by atoms with Crippen molar-refractivity contribution in [2.24, 2.45) is 0 Å². The third kappa shape index (κ3) is 3.81. The van der Waals surface area contributed by atoms with E-state index in [0.717, 1.165) is 19.4 Å². The normalized spacial score (nSPS) is 23.1. The number of carbonyl (C=O) groups excluding carboxylic acids is 3. The molecule has 1 atom stereocenters. The molecule has 2 fully saturated rings. The standard InChI is InChI=1S/C11H18N4O3.ClH/c1-12-8-3-2-4-14(5-8)10(17)7-15-6-9(16)13-11(15)18;/h8,12H,2-7H2,1H3,(H,13,16,18);1H. The fraction of sp³-hybridized carbons (Fsp3) is 0.727. The minimum absolute atomic E-state index is 0. The number of imide groups is 1. The zero-order valence-electron chi connectivity index (χ0n) is 10.8. The maximum Gasteiger partial charge on any atom is 0.325 e. The summed E-state index contributed by atoms with van der Waals surface area (Å²) in [6.07, 6.45) is 2.02. The Hall–Kier alpha value is -1.34. The van der Waals surface area contributed by atoms with Gasteiger partial charge >= 0.3 is 6.03 Å². The molecule has 2 heterocycles. The molecule has 0 aliphatic carbocycles. The Kier molecular flexibility index (Phi) is 5.56. The van der Waals surface area contributed by atoms with Crippen LogP contribution >= 0.6 is 12.4 Å². The molecule has 2 N–H and O–H groups in total. The molecule has 8 heteroatoms. The first kappa shape index (κ1) is 15.7. The van der Waals surface area contributed by atoms with Gasteiger partial charge in [0, 0.05) is 19.1 Å². The van der Waals surface area contributed by atoms with Gasteiger partial charge in [-0.3, -0.25) is 14.9 Å². The maximum atomic E-state index is 12.0. The number of urea groups is 1. The second kappa shape index (κ2) is 6.72. The lowest BCUT2D eigenvalue weighted by atomic mass is 10.1. The quantitative estimate of drug-likeness (QED) is 0.665. The third-order valence-corrected chi connectivity index (χ3v) is 3.38. The number of amides is 4. The summed E-state index contributed by atoms with van der Waals surface area (Å²) < 4.78 is 0. The van der Waals surface area contributed by atoms with Crippen molar-refractivity contribution in [2.45, 2.75) is 18.9 Å². The molecule has 4 amide bonds. The molecule has 0 aromatic carbocycles. The molecule has 19 heavy (non-hydrogen) atoms. The van der Waals surface area contributed by atoms with Gasteiger partial charge in [-0.05, 0) is 19.9 Å². The molecule has 2 aliphatic rings. The molecule has 0 aromatic rings. The minimum atomic E-state index is -0.476. The smallest absolute Gasteiger partial charge is 0.325 e. The fourth-order valence-electron chi connectivity index (χ4n) is 2.31. The number of hydrogen-bond donors (Lipinski definition) is 2. The van der Waals surface area contributed by atoms with Crippen LogP contribution in [0.5, 0.6) is 0 Å². The van der Waals surface area contributed by atoms with Gasteiger partial charge in [-0.15, -0.1) is 12.4 Å². The van der Waals surface area contributed by atoms with Crippen LogP contribution in [0.25, 0.3) is 0 Å². The molecule has 0 aromatic heterocycles. The Bertz CT molecular complexity index is 377. The largest absolute Gasteiger partial charge is 0.340 e. The summed E-state index contributed by atoms with van der Waals surface area (Å²) in [4.78, 5) is 37.4. The van der Waals surface area contributed by atoms with Crippen molar-refractivity contribution in [3.63, 3.8) is 0 Å². The van der Waals surface area contributed by atoms with E-state index in [2.05, 4.69) is 10.6 Å². The molecule has 2 rings (SSSR count). The van der Waals surface area contributed by atoms with Crippen molar-refractivity contribution in [3.05, 3.63) is 0 Å². The molecule has 0 bridgehead atoms. The first-order valence-corrected chi connectivity index (χ1v) is 6.14. The third-order valence-electron chi connectivity index (χ3n) is 3.38. The van der Waals surface area contributed by atoms with Gasteiger partial charge in [0.2, 0.25) is 11.8 Å². The van der Waals surface area contributed by atoms with Gasteiger partial charge in [0.15, 0.2) is 0 Å². The van der Waals surface area contributed by atoms with Crippen molar-refractivity contribution in [3.8, 4) is 0 Å². The summed E-state index contributed by atoms with van der Waals surface area (Å²) in [6.45, 7) is 1.35. The van der Waals surface area contributed by atoms with E-state index in [0.29, 0.717) is 12.6 Å². The molecular formula is C11H19ClN4O3. The Morgan fingerprint density at radius 1 is 1.47 bits per heavy atom. The van der Waals surface area contributed by atoms with Crippen LogP contribution in [0.3, 0.4) is 0 Å². The van der Waals surface area contributed by atoms with E-state index >= 15 is 0 Å². The lowest BCUT2D eigenvalue weighted by molar-refractivity contribution is -0.133. The zero-order valence-corrected chi connectivity index (χ0v) is 11.7. The van der Waals surface area contributed by atoms with Crippen molar-refractivity contribution < 1.29 is 14.4 Å². The number of halogens is 1.